The van der Waals surface area contributed by atoms with Crippen LogP contribution in [0.2, 0.25) is 0 Å². The highest BCUT2D eigenvalue weighted by molar-refractivity contribution is 5.11. The number of aliphatic hydroxyl groups is 2. The largest absolute Gasteiger partial charge is 0.396 e. The minimum absolute atomic E-state index is 0.134. The molecule has 2 N–H and O–H groups in total. The van der Waals surface area contributed by atoms with Crippen molar-refractivity contribution in [1.82, 2.24) is 0 Å². The number of rotatable bonds is 6. The third-order valence-corrected chi connectivity index (χ3v) is 11.3. The second kappa shape index (κ2) is 8.69. The van der Waals surface area contributed by atoms with Crippen LogP contribution in [0.5, 0.6) is 0 Å². The van der Waals surface area contributed by atoms with Crippen LogP contribution in [-0.4, -0.2) is 22.9 Å². The van der Waals surface area contributed by atoms with Crippen LogP contribution < -0.4 is 0 Å². The Labute approximate surface area is 186 Å². The monoisotopic (exact) mass is 418 g/mol. The highest BCUT2D eigenvalue weighted by Crippen LogP contribution is 2.69. The zero-order chi connectivity index (χ0) is 21.7. The molecule has 0 spiro atoms. The van der Waals surface area contributed by atoms with Crippen molar-refractivity contribution in [1.29, 1.82) is 0 Å². The maximum Gasteiger partial charge on any atom is 0.0543 e. The lowest BCUT2D eigenvalue weighted by Crippen LogP contribution is -2.57. The third-order valence-electron chi connectivity index (χ3n) is 11.3. The van der Waals surface area contributed by atoms with E-state index in [1.165, 1.54) is 57.8 Å². The zero-order valence-corrected chi connectivity index (χ0v) is 20.6. The SMILES string of the molecule is CC(C)CCC[C@@H](C)[C@@H]1CC[C@@H]2[C@H]3C[C@H](CO)[C@H]4C[C@@H](O)CC[C@]4(C)[C@@H]3CC[C@@]21C. The molecule has 2 heteroatoms. The molecule has 0 bridgehead atoms. The van der Waals surface area contributed by atoms with Crippen LogP contribution in [0, 0.1) is 58.2 Å². The van der Waals surface area contributed by atoms with Gasteiger partial charge in [-0.1, -0.05) is 53.9 Å². The summed E-state index contributed by atoms with van der Waals surface area (Å²) in [4.78, 5) is 0. The van der Waals surface area contributed by atoms with Gasteiger partial charge in [-0.15, -0.1) is 0 Å². The molecule has 0 aromatic carbocycles. The lowest BCUT2D eigenvalue weighted by atomic mass is 9.42. The molecule has 4 saturated carbocycles. The van der Waals surface area contributed by atoms with E-state index in [2.05, 4.69) is 34.6 Å². The van der Waals surface area contributed by atoms with Gasteiger partial charge in [0.2, 0.25) is 0 Å². The molecule has 4 rings (SSSR count). The Kier molecular flexibility index (Phi) is 6.69. The van der Waals surface area contributed by atoms with Gasteiger partial charge in [-0.25, -0.2) is 0 Å². The van der Waals surface area contributed by atoms with Gasteiger partial charge in [0.1, 0.15) is 0 Å². The highest BCUT2D eigenvalue weighted by atomic mass is 16.3. The molecule has 0 aromatic heterocycles. The second-order valence-electron chi connectivity index (χ2n) is 13.1. The van der Waals surface area contributed by atoms with Gasteiger partial charge < -0.3 is 10.2 Å². The van der Waals surface area contributed by atoms with Crippen molar-refractivity contribution in [3.63, 3.8) is 0 Å². The molecule has 0 amide bonds. The highest BCUT2D eigenvalue weighted by Gasteiger charge is 2.62. The number of aliphatic hydroxyl groups excluding tert-OH is 2. The number of hydrogen-bond acceptors (Lipinski definition) is 2. The Morgan fingerprint density at radius 1 is 0.833 bits per heavy atom. The average molecular weight is 419 g/mol. The maximum absolute atomic E-state index is 10.4. The molecule has 0 saturated heterocycles. The first-order chi connectivity index (χ1) is 14.2. The summed E-state index contributed by atoms with van der Waals surface area (Å²) in [7, 11) is 0. The summed E-state index contributed by atoms with van der Waals surface area (Å²) >= 11 is 0. The van der Waals surface area contributed by atoms with E-state index in [0.717, 1.165) is 48.3 Å². The first kappa shape index (κ1) is 23.1. The Hall–Kier alpha value is -0.0800. The molecule has 174 valence electrons. The molecule has 4 fully saturated rings. The molecule has 0 unspecified atom stereocenters. The Balaban J connectivity index is 1.52. The third kappa shape index (κ3) is 3.81. The van der Waals surface area contributed by atoms with Crippen LogP contribution in [0.15, 0.2) is 0 Å². The predicted octanol–water partition coefficient (Wildman–Crippen LogP) is 6.69. The molecule has 0 aromatic rings. The van der Waals surface area contributed by atoms with Gasteiger partial charge in [0.25, 0.3) is 0 Å². The quantitative estimate of drug-likeness (QED) is 0.504. The van der Waals surface area contributed by atoms with Crippen molar-refractivity contribution < 1.29 is 10.2 Å². The molecule has 0 radical (unpaired) electrons. The zero-order valence-electron chi connectivity index (χ0n) is 20.6. The lowest BCUT2D eigenvalue weighted by molar-refractivity contribution is -0.158. The van der Waals surface area contributed by atoms with Crippen molar-refractivity contribution in [3.8, 4) is 0 Å². The van der Waals surface area contributed by atoms with Gasteiger partial charge in [-0.3, -0.25) is 0 Å². The van der Waals surface area contributed by atoms with Crippen LogP contribution in [0.1, 0.15) is 105 Å². The summed E-state index contributed by atoms with van der Waals surface area (Å²) in [5.74, 6) is 6.05. The molecule has 4 aliphatic carbocycles. The molecule has 0 heterocycles. The van der Waals surface area contributed by atoms with Crippen LogP contribution in [0.4, 0.5) is 0 Å². The molecular weight excluding hydrogens is 368 g/mol. The van der Waals surface area contributed by atoms with Crippen molar-refractivity contribution in [3.05, 3.63) is 0 Å². The number of hydrogen-bond donors (Lipinski definition) is 2. The van der Waals surface area contributed by atoms with Crippen molar-refractivity contribution in [2.24, 2.45) is 58.2 Å². The molecule has 4 aliphatic rings. The second-order valence-corrected chi connectivity index (χ2v) is 13.1. The van der Waals surface area contributed by atoms with Crippen molar-refractivity contribution in [2.75, 3.05) is 6.61 Å². The van der Waals surface area contributed by atoms with E-state index in [1.807, 2.05) is 0 Å². The number of fused-ring (bicyclic) bond motifs is 5. The Morgan fingerprint density at radius 2 is 1.53 bits per heavy atom. The van der Waals surface area contributed by atoms with E-state index >= 15 is 0 Å². The first-order valence-corrected chi connectivity index (χ1v) is 13.5. The molecular formula is C28H50O2. The smallest absolute Gasteiger partial charge is 0.0543 e. The minimum atomic E-state index is -0.134. The van der Waals surface area contributed by atoms with Gasteiger partial charge >= 0.3 is 0 Å². The first-order valence-electron chi connectivity index (χ1n) is 13.5. The van der Waals surface area contributed by atoms with E-state index in [1.54, 1.807) is 0 Å². The van der Waals surface area contributed by atoms with E-state index in [4.69, 9.17) is 0 Å². The fraction of sp³-hybridized carbons (Fsp3) is 1.00. The van der Waals surface area contributed by atoms with Crippen LogP contribution in [0.25, 0.3) is 0 Å². The van der Waals surface area contributed by atoms with Gasteiger partial charge in [0.05, 0.1) is 6.10 Å². The van der Waals surface area contributed by atoms with E-state index in [9.17, 15) is 10.2 Å². The Bertz CT molecular complexity index is 587. The normalized spacial score (nSPS) is 49.4. The molecule has 0 aliphatic heterocycles. The molecule has 30 heavy (non-hydrogen) atoms. The summed E-state index contributed by atoms with van der Waals surface area (Å²) in [6.07, 6.45) is 14.1. The minimum Gasteiger partial charge on any atom is -0.396 e. The fourth-order valence-corrected chi connectivity index (χ4v) is 9.71. The van der Waals surface area contributed by atoms with Crippen LogP contribution in [-0.2, 0) is 0 Å². The topological polar surface area (TPSA) is 40.5 Å². The fourth-order valence-electron chi connectivity index (χ4n) is 9.71. The molecule has 2 nitrogen and oxygen atoms in total. The lowest BCUT2D eigenvalue weighted by Gasteiger charge is -2.63. The summed E-state index contributed by atoms with van der Waals surface area (Å²) in [6.45, 7) is 12.8. The van der Waals surface area contributed by atoms with Gasteiger partial charge in [0, 0.05) is 6.61 Å². The Morgan fingerprint density at radius 3 is 2.23 bits per heavy atom. The van der Waals surface area contributed by atoms with Crippen molar-refractivity contribution in [2.45, 2.75) is 111 Å². The summed E-state index contributed by atoms with van der Waals surface area (Å²) in [5.41, 5.74) is 0.869. The van der Waals surface area contributed by atoms with Crippen molar-refractivity contribution >= 4 is 0 Å². The molecule has 10 atom stereocenters. The van der Waals surface area contributed by atoms with Gasteiger partial charge in [-0.05, 0) is 110 Å². The van der Waals surface area contributed by atoms with E-state index in [0.29, 0.717) is 29.3 Å². The van der Waals surface area contributed by atoms with Gasteiger partial charge in [-0.2, -0.15) is 0 Å². The maximum atomic E-state index is 10.4. The predicted molar refractivity (Wildman–Crippen MR) is 125 cm³/mol. The summed E-state index contributed by atoms with van der Waals surface area (Å²) < 4.78 is 0. The standard InChI is InChI=1S/C28H50O2/c1-18(2)7-6-8-19(3)23-9-10-24-22-15-20(17-29)26-16-21(30)11-13-28(26,5)25(22)12-14-27(23,24)4/h18-26,29-30H,6-17H2,1-5H3/t19-,20-,21+,22-,23+,24-,25-,26-,27-,28-/m1/s1. The average Bonchev–Trinajstić information content (AvgIpc) is 3.05. The van der Waals surface area contributed by atoms with Gasteiger partial charge in [0.15, 0.2) is 0 Å². The van der Waals surface area contributed by atoms with E-state index in [-0.39, 0.29) is 6.10 Å². The summed E-state index contributed by atoms with van der Waals surface area (Å²) in [5, 5.41) is 20.7. The van der Waals surface area contributed by atoms with E-state index < -0.39 is 0 Å². The summed E-state index contributed by atoms with van der Waals surface area (Å²) in [6, 6.07) is 0. The van der Waals surface area contributed by atoms with Crippen LogP contribution >= 0.6 is 0 Å². The van der Waals surface area contributed by atoms with Crippen LogP contribution in [0.3, 0.4) is 0 Å².